The molecular formula is C19H22ClN3O4. The number of hydrogen-bond acceptors (Lipinski definition) is 7. The van der Waals surface area contributed by atoms with E-state index < -0.39 is 0 Å². The van der Waals surface area contributed by atoms with Crippen molar-refractivity contribution in [2.75, 3.05) is 32.8 Å². The molecule has 8 heteroatoms. The Morgan fingerprint density at radius 1 is 1.11 bits per heavy atom. The van der Waals surface area contributed by atoms with E-state index in [4.69, 9.17) is 30.2 Å². The molecule has 0 aliphatic heterocycles. The summed E-state index contributed by atoms with van der Waals surface area (Å²) in [6.07, 6.45) is 1.55. The van der Waals surface area contributed by atoms with Crippen molar-refractivity contribution in [1.82, 2.24) is 9.97 Å². The zero-order valence-electron chi connectivity index (χ0n) is 15.7. The third-order valence-corrected chi connectivity index (χ3v) is 4.16. The van der Waals surface area contributed by atoms with Crippen LogP contribution >= 0.6 is 11.6 Å². The van der Waals surface area contributed by atoms with Crippen molar-refractivity contribution < 1.29 is 18.6 Å². The smallest absolute Gasteiger partial charge is 0.295 e. The van der Waals surface area contributed by atoms with E-state index in [1.165, 1.54) is 0 Å². The minimum atomic E-state index is 0.205. The molecule has 0 spiro atoms. The van der Waals surface area contributed by atoms with Gasteiger partial charge in [-0.1, -0.05) is 11.6 Å². The van der Waals surface area contributed by atoms with Crippen molar-refractivity contribution >= 4 is 28.5 Å². The van der Waals surface area contributed by atoms with Gasteiger partial charge < -0.3 is 23.9 Å². The van der Waals surface area contributed by atoms with Crippen molar-refractivity contribution in [3.05, 3.63) is 29.5 Å². The number of benzene rings is 1. The summed E-state index contributed by atoms with van der Waals surface area (Å²) >= 11 is 6.54. The number of fused-ring (bicyclic) bond motifs is 1. The summed E-state index contributed by atoms with van der Waals surface area (Å²) in [6, 6.07) is 6.11. The molecule has 3 aromatic rings. The number of rotatable bonds is 8. The van der Waals surface area contributed by atoms with Gasteiger partial charge in [0, 0.05) is 24.6 Å². The maximum absolute atomic E-state index is 6.54. The van der Waals surface area contributed by atoms with E-state index in [1.807, 2.05) is 19.9 Å². The predicted molar refractivity (Wildman–Crippen MR) is 105 cm³/mol. The Morgan fingerprint density at radius 2 is 1.93 bits per heavy atom. The van der Waals surface area contributed by atoms with Gasteiger partial charge in [0.25, 0.3) is 6.01 Å². The number of nitrogens with zero attached hydrogens (tertiary/aromatic N) is 2. The number of nitrogens with one attached hydrogen (secondary N) is 1. The van der Waals surface area contributed by atoms with Gasteiger partial charge in [-0.3, -0.25) is 0 Å². The average molecular weight is 392 g/mol. The van der Waals surface area contributed by atoms with E-state index in [9.17, 15) is 0 Å². The lowest BCUT2D eigenvalue weighted by atomic mass is 10.1. The summed E-state index contributed by atoms with van der Waals surface area (Å²) in [7, 11) is 3.22. The van der Waals surface area contributed by atoms with Gasteiger partial charge in [0.1, 0.15) is 35.1 Å². The first-order chi connectivity index (χ1) is 13.0. The largest absolute Gasteiger partial charge is 0.496 e. The molecule has 1 aromatic carbocycles. The Kier molecular flexibility index (Phi) is 6.03. The summed E-state index contributed by atoms with van der Waals surface area (Å²) in [5.41, 5.74) is 1.75. The molecule has 2 aromatic heterocycles. The first kappa shape index (κ1) is 19.3. The predicted octanol–water partition coefficient (Wildman–Crippen LogP) is 4.40. The molecule has 0 saturated carbocycles. The number of halogens is 1. The number of pyridine rings is 1. The van der Waals surface area contributed by atoms with E-state index in [0.29, 0.717) is 52.7 Å². The first-order valence-electron chi connectivity index (χ1n) is 8.55. The first-order valence-corrected chi connectivity index (χ1v) is 8.92. The highest BCUT2D eigenvalue weighted by Gasteiger charge is 2.16. The van der Waals surface area contributed by atoms with Crippen molar-refractivity contribution in [3.8, 4) is 22.9 Å². The standard InChI is InChI=1S/C19H22ClN3O4/c1-11(2)21-19-23-14(10-27-19)13-9-16(25-4)12-5-6-15(26-8-7-24-3)17(20)18(12)22-13/h5-6,9-11H,7-8H2,1-4H3,(H,21,23). The number of anilines is 1. The van der Waals surface area contributed by atoms with Crippen LogP contribution in [0.3, 0.4) is 0 Å². The van der Waals surface area contributed by atoms with Gasteiger partial charge in [-0.2, -0.15) is 4.98 Å². The van der Waals surface area contributed by atoms with Gasteiger partial charge in [-0.15, -0.1) is 0 Å². The van der Waals surface area contributed by atoms with Crippen LogP contribution in [0.1, 0.15) is 13.8 Å². The van der Waals surface area contributed by atoms with Crippen LogP contribution < -0.4 is 14.8 Å². The van der Waals surface area contributed by atoms with Crippen molar-refractivity contribution in [2.24, 2.45) is 0 Å². The van der Waals surface area contributed by atoms with E-state index >= 15 is 0 Å². The monoisotopic (exact) mass is 391 g/mol. The van der Waals surface area contributed by atoms with Gasteiger partial charge in [0.05, 0.1) is 24.9 Å². The highest BCUT2D eigenvalue weighted by molar-refractivity contribution is 6.36. The Balaban J connectivity index is 2.03. The Hall–Kier alpha value is -2.51. The summed E-state index contributed by atoms with van der Waals surface area (Å²) in [5.74, 6) is 1.18. The third-order valence-electron chi connectivity index (χ3n) is 3.79. The second-order valence-corrected chi connectivity index (χ2v) is 6.54. The Bertz CT molecular complexity index is 927. The molecule has 0 saturated heterocycles. The van der Waals surface area contributed by atoms with Gasteiger partial charge in [0.2, 0.25) is 0 Å². The number of hydrogen-bond donors (Lipinski definition) is 1. The van der Waals surface area contributed by atoms with Crippen LogP contribution in [0.15, 0.2) is 28.9 Å². The SMILES string of the molecule is COCCOc1ccc2c(OC)cc(-c3coc(NC(C)C)n3)nc2c1Cl. The lowest BCUT2D eigenvalue weighted by Crippen LogP contribution is -2.09. The van der Waals surface area contributed by atoms with Crippen LogP contribution in [0.4, 0.5) is 6.01 Å². The Morgan fingerprint density at radius 3 is 2.63 bits per heavy atom. The molecule has 0 bridgehead atoms. The van der Waals surface area contributed by atoms with E-state index in [2.05, 4.69) is 15.3 Å². The molecule has 1 N–H and O–H groups in total. The molecule has 0 aliphatic rings. The van der Waals surface area contributed by atoms with Crippen molar-refractivity contribution in [2.45, 2.75) is 19.9 Å². The van der Waals surface area contributed by atoms with E-state index in [-0.39, 0.29) is 6.04 Å². The molecule has 0 atom stereocenters. The van der Waals surface area contributed by atoms with Crippen molar-refractivity contribution in [1.29, 1.82) is 0 Å². The molecule has 144 valence electrons. The van der Waals surface area contributed by atoms with Crippen molar-refractivity contribution in [3.63, 3.8) is 0 Å². The van der Waals surface area contributed by atoms with Crippen LogP contribution in [0, 0.1) is 0 Å². The minimum absolute atomic E-state index is 0.205. The van der Waals surface area contributed by atoms with Gasteiger partial charge in [-0.25, -0.2) is 4.98 Å². The second-order valence-electron chi connectivity index (χ2n) is 6.16. The molecule has 2 heterocycles. The number of oxazole rings is 1. The van der Waals surface area contributed by atoms with Crippen LogP contribution in [0.5, 0.6) is 11.5 Å². The number of aromatic nitrogens is 2. The fourth-order valence-electron chi connectivity index (χ4n) is 2.56. The highest BCUT2D eigenvalue weighted by Crippen LogP contribution is 2.38. The minimum Gasteiger partial charge on any atom is -0.496 e. The summed E-state index contributed by atoms with van der Waals surface area (Å²) < 4.78 is 21.7. The fraction of sp³-hybridized carbons (Fsp3) is 0.368. The van der Waals surface area contributed by atoms with Crippen LogP contribution in [-0.4, -0.2) is 43.4 Å². The maximum atomic E-state index is 6.54. The lowest BCUT2D eigenvalue weighted by Gasteiger charge is -2.12. The average Bonchev–Trinajstić information content (AvgIpc) is 3.10. The number of methoxy groups -OCH3 is 2. The van der Waals surface area contributed by atoms with E-state index in [0.717, 1.165) is 5.39 Å². The molecule has 0 radical (unpaired) electrons. The van der Waals surface area contributed by atoms with Crippen LogP contribution in [-0.2, 0) is 4.74 Å². The molecule has 3 rings (SSSR count). The van der Waals surface area contributed by atoms with Gasteiger partial charge in [-0.05, 0) is 26.0 Å². The summed E-state index contributed by atoms with van der Waals surface area (Å²) in [4.78, 5) is 9.09. The molecule has 0 amide bonds. The van der Waals surface area contributed by atoms with Gasteiger partial charge in [0.15, 0.2) is 0 Å². The van der Waals surface area contributed by atoms with Crippen LogP contribution in [0.25, 0.3) is 22.3 Å². The number of ether oxygens (including phenoxy) is 3. The molecule has 0 aliphatic carbocycles. The molecule has 0 unspecified atom stereocenters. The van der Waals surface area contributed by atoms with Crippen LogP contribution in [0.2, 0.25) is 5.02 Å². The topological polar surface area (TPSA) is 78.6 Å². The quantitative estimate of drug-likeness (QED) is 0.570. The summed E-state index contributed by atoms with van der Waals surface area (Å²) in [6.45, 7) is 4.87. The zero-order valence-corrected chi connectivity index (χ0v) is 16.5. The Labute approximate surface area is 162 Å². The zero-order chi connectivity index (χ0) is 19.4. The molecule has 0 fully saturated rings. The second kappa shape index (κ2) is 8.45. The lowest BCUT2D eigenvalue weighted by molar-refractivity contribution is 0.146. The van der Waals surface area contributed by atoms with Gasteiger partial charge >= 0.3 is 0 Å². The molecule has 27 heavy (non-hydrogen) atoms. The third kappa shape index (κ3) is 4.26. The molecular weight excluding hydrogens is 370 g/mol. The summed E-state index contributed by atoms with van der Waals surface area (Å²) in [5, 5.41) is 4.31. The fourth-order valence-corrected chi connectivity index (χ4v) is 2.82. The molecule has 7 nitrogen and oxygen atoms in total. The van der Waals surface area contributed by atoms with E-state index in [1.54, 1.807) is 32.6 Å². The maximum Gasteiger partial charge on any atom is 0.295 e. The normalized spacial score (nSPS) is 11.2. The highest BCUT2D eigenvalue weighted by atomic mass is 35.5.